The molecule has 7 aromatic rings. The molecule has 0 aromatic heterocycles. The van der Waals surface area contributed by atoms with Crippen molar-refractivity contribution < 1.29 is 38.4 Å². The van der Waals surface area contributed by atoms with Crippen LogP contribution in [0.1, 0.15) is 44.1 Å². The summed E-state index contributed by atoms with van der Waals surface area (Å²) in [6, 6.07) is 62.4. The van der Waals surface area contributed by atoms with Gasteiger partial charge in [0.05, 0.1) is 81.7 Å². The number of nitriles is 1. The van der Waals surface area contributed by atoms with Crippen LogP contribution >= 0.6 is 0 Å². The molecule has 0 N–H and O–H groups in total. The Morgan fingerprint density at radius 1 is 0.255 bits per heavy atom. The van der Waals surface area contributed by atoms with Crippen LogP contribution in [-0.2, 0) is 38.4 Å². The molecule has 24 unspecified atom stereocenters. The van der Waals surface area contributed by atoms with Crippen LogP contribution in [0.2, 0.25) is 0 Å². The van der Waals surface area contributed by atoms with Crippen molar-refractivity contribution in [3.8, 4) is 39.4 Å². The van der Waals surface area contributed by atoms with Gasteiger partial charge in [-0.3, -0.25) is 53.1 Å². The quantitative estimate of drug-likeness (QED) is 0.0855. The molecular formula is C89H75N5O8. The summed E-state index contributed by atoms with van der Waals surface area (Å²) in [4.78, 5) is 111. The van der Waals surface area contributed by atoms with Crippen LogP contribution in [0.4, 0.5) is 22.7 Å². The van der Waals surface area contributed by atoms with Crippen molar-refractivity contribution in [2.75, 3.05) is 19.6 Å². The number of amides is 8. The molecule has 12 bridgehead atoms. The maximum atomic E-state index is 13.4. The molecular weight excluding hydrogens is 1270 g/mol. The van der Waals surface area contributed by atoms with Crippen LogP contribution in [0.25, 0.3) is 33.4 Å². The highest BCUT2D eigenvalue weighted by molar-refractivity contribution is 6.26. The highest BCUT2D eigenvalue weighted by atomic mass is 16.2. The summed E-state index contributed by atoms with van der Waals surface area (Å²) in [5.74, 6) is 6.81. The molecule has 0 spiro atoms. The fraction of sp³-hybridized carbons (Fsp3) is 0.337. The molecule has 102 heavy (non-hydrogen) atoms. The van der Waals surface area contributed by atoms with Crippen LogP contribution < -0.4 is 19.6 Å². The van der Waals surface area contributed by atoms with Crippen LogP contribution in [0.5, 0.6) is 0 Å². The Kier molecular flexibility index (Phi) is 14.0. The normalized spacial score (nSPS) is 36.9. The number of anilines is 4. The number of allylic oxidation sites excluding steroid dienone is 8. The second-order valence-corrected chi connectivity index (χ2v) is 31.9. The number of para-hydroxylation sites is 1. The van der Waals surface area contributed by atoms with E-state index in [0.717, 1.165) is 64.8 Å². The number of benzene rings is 7. The highest BCUT2D eigenvalue weighted by Crippen LogP contribution is 2.72. The molecule has 8 saturated carbocycles. The first kappa shape index (κ1) is 61.4. The Bertz CT molecular complexity index is 4740. The van der Waals surface area contributed by atoms with Crippen LogP contribution in [0.15, 0.2) is 237 Å². The van der Waals surface area contributed by atoms with Gasteiger partial charge in [0.25, 0.3) is 0 Å². The van der Waals surface area contributed by atoms with E-state index in [2.05, 4.69) is 78.9 Å². The van der Waals surface area contributed by atoms with Gasteiger partial charge in [-0.15, -0.1) is 0 Å². The number of fused-ring (bicyclic) bond motifs is 34. The minimum atomic E-state index is -0.156. The van der Waals surface area contributed by atoms with Crippen LogP contribution in [0.3, 0.4) is 0 Å². The fourth-order valence-electron chi connectivity index (χ4n) is 24.1. The molecule has 4 saturated heterocycles. The molecule has 504 valence electrons. The molecule has 13 heteroatoms. The standard InChI is InChI=1S/C26H23NO2.C21H18N2O2.2C21H17NO2/c28-25-23-19-13-20(22-17-7-6-16(12-17)21(19)22)24(23)26(29)27(25)18-10-8-15(9-11-18)14-4-2-1-3-5-14;22-9-10-1-5-13(6-2-10)23-20(24)18-14-8-15(19(18)21(23)25)17-12-4-3-11(7-12)16(14)17;23-20-18-14-10-11-15(12-14)19(18)21(24)22(20)17-9-5-4-8-16(17)13-6-2-1-3-7-13;23-20-18-15-6-7-16(12-15)19(18)21(24)22(20)17-10-8-14(9-11-17)13-4-2-1-3-5-13/h1-11,16-17,19-24H,12-13H2;1-6,11-12,14-19H,7-8H2;1-11,14-15,18-19H,12H2;1-11,15-16,18-19H,12H2. The number of carbonyl (C=O) groups is 8. The average molecular weight is 1340 g/mol. The molecule has 4 heterocycles. The largest absolute Gasteiger partial charge is 0.274 e. The van der Waals surface area contributed by atoms with Crippen LogP contribution in [-0.4, -0.2) is 47.3 Å². The number of carbonyl (C=O) groups excluding carboxylic acids is 8. The Balaban J connectivity index is 0.0000000914. The van der Waals surface area contributed by atoms with Crippen molar-refractivity contribution in [1.82, 2.24) is 0 Å². The molecule has 4 aliphatic heterocycles. The third-order valence-corrected chi connectivity index (χ3v) is 27.8. The van der Waals surface area contributed by atoms with Gasteiger partial charge < -0.3 is 0 Å². The van der Waals surface area contributed by atoms with Gasteiger partial charge in [0, 0.05) is 5.56 Å². The summed E-state index contributed by atoms with van der Waals surface area (Å²) in [5, 5.41) is 8.95. The lowest BCUT2D eigenvalue weighted by Gasteiger charge is -2.36. The highest BCUT2D eigenvalue weighted by Gasteiger charge is 2.73. The Morgan fingerprint density at radius 2 is 0.520 bits per heavy atom. The predicted octanol–water partition coefficient (Wildman–Crippen LogP) is 14.6. The molecule has 0 radical (unpaired) electrons. The van der Waals surface area contributed by atoms with Crippen molar-refractivity contribution in [3.05, 3.63) is 242 Å². The van der Waals surface area contributed by atoms with E-state index in [4.69, 9.17) is 5.26 Å². The van der Waals surface area contributed by atoms with E-state index in [-0.39, 0.29) is 118 Å². The van der Waals surface area contributed by atoms with Crippen molar-refractivity contribution in [2.24, 2.45) is 142 Å². The summed E-state index contributed by atoms with van der Waals surface area (Å²) in [5.41, 5.74) is 9.71. The SMILES string of the molecule is N#Cc1ccc(N2C(=O)C3C4CC(C3C2=O)C2C3C=CC(C3)C42)cc1.O=C1C2C3C=CC(C3)C2C(=O)N1c1ccc(-c2ccccc2)cc1.O=C1C2C3C=CC(C3)C2C(=O)N1c1ccccc1-c1ccccc1.O=C1C2C3CC(C2C(=O)N1c1ccc(-c2ccccc2)cc1)C1C2C=CC(C2)C31. The first-order valence-electron chi connectivity index (χ1n) is 37.1. The monoisotopic (exact) mass is 1340 g/mol. The topological polar surface area (TPSA) is 173 Å². The predicted molar refractivity (Wildman–Crippen MR) is 385 cm³/mol. The lowest BCUT2D eigenvalue weighted by atomic mass is 9.65. The van der Waals surface area contributed by atoms with E-state index in [1.807, 2.05) is 140 Å². The third kappa shape index (κ3) is 8.92. The Labute approximate surface area is 592 Å². The van der Waals surface area contributed by atoms with Gasteiger partial charge in [-0.2, -0.15) is 5.26 Å². The molecule has 24 atom stereocenters. The molecule has 7 aromatic carbocycles. The maximum absolute atomic E-state index is 13.4. The van der Waals surface area contributed by atoms with Gasteiger partial charge in [0.15, 0.2) is 0 Å². The molecule has 12 aliphatic carbocycles. The zero-order valence-corrected chi connectivity index (χ0v) is 56.1. The van der Waals surface area contributed by atoms with Gasteiger partial charge in [0.1, 0.15) is 0 Å². The zero-order valence-electron chi connectivity index (χ0n) is 56.1. The van der Waals surface area contributed by atoms with Crippen LogP contribution in [0, 0.1) is 153 Å². The molecule has 23 rings (SSSR count). The van der Waals surface area contributed by atoms with Gasteiger partial charge in [-0.05, 0) is 216 Å². The minimum absolute atomic E-state index is 0.00240. The van der Waals surface area contributed by atoms with E-state index in [1.165, 1.54) is 32.4 Å². The second kappa shape index (κ2) is 23.3. The molecule has 13 nitrogen and oxygen atoms in total. The summed E-state index contributed by atoms with van der Waals surface area (Å²) in [6.45, 7) is 0. The third-order valence-electron chi connectivity index (χ3n) is 27.8. The summed E-state index contributed by atoms with van der Waals surface area (Å²) in [6.07, 6.45) is 24.6. The molecule has 12 fully saturated rings. The first-order valence-corrected chi connectivity index (χ1v) is 37.1. The Hall–Kier alpha value is -10.5. The molecule has 16 aliphatic rings. The summed E-state index contributed by atoms with van der Waals surface area (Å²) >= 11 is 0. The number of imide groups is 4. The summed E-state index contributed by atoms with van der Waals surface area (Å²) in [7, 11) is 0. The van der Waals surface area contributed by atoms with E-state index < -0.39 is 0 Å². The molecule has 8 amide bonds. The maximum Gasteiger partial charge on any atom is 0.238 e. The van der Waals surface area contributed by atoms with E-state index in [9.17, 15) is 38.4 Å². The fourth-order valence-corrected chi connectivity index (χ4v) is 24.1. The Morgan fingerprint density at radius 3 is 0.863 bits per heavy atom. The van der Waals surface area contributed by atoms with Crippen molar-refractivity contribution in [1.29, 1.82) is 5.26 Å². The average Bonchev–Trinajstić information content (AvgIpc) is 1.51. The van der Waals surface area contributed by atoms with Gasteiger partial charge >= 0.3 is 0 Å². The van der Waals surface area contributed by atoms with Gasteiger partial charge in [-0.25, -0.2) is 4.90 Å². The van der Waals surface area contributed by atoms with E-state index >= 15 is 0 Å². The number of hydrogen-bond donors (Lipinski definition) is 0. The van der Waals surface area contributed by atoms with Gasteiger partial charge in [-0.1, -0.05) is 182 Å². The second-order valence-electron chi connectivity index (χ2n) is 31.9. The summed E-state index contributed by atoms with van der Waals surface area (Å²) < 4.78 is 0. The minimum Gasteiger partial charge on any atom is -0.274 e. The van der Waals surface area contributed by atoms with Crippen molar-refractivity contribution in [2.45, 2.75) is 38.5 Å². The lowest BCUT2D eigenvalue weighted by Crippen LogP contribution is -2.38. The van der Waals surface area contributed by atoms with E-state index in [1.54, 1.807) is 24.3 Å². The van der Waals surface area contributed by atoms with Crippen molar-refractivity contribution >= 4 is 70.0 Å². The lowest BCUT2D eigenvalue weighted by molar-refractivity contribution is -0.124. The number of hydrogen-bond acceptors (Lipinski definition) is 9. The number of nitrogens with zero attached hydrogens (tertiary/aromatic N) is 5. The van der Waals surface area contributed by atoms with E-state index in [0.29, 0.717) is 93.6 Å². The van der Waals surface area contributed by atoms with Crippen molar-refractivity contribution in [3.63, 3.8) is 0 Å². The zero-order chi connectivity index (χ0) is 68.7. The smallest absolute Gasteiger partial charge is 0.238 e. The van der Waals surface area contributed by atoms with Gasteiger partial charge in [0.2, 0.25) is 47.3 Å². The number of rotatable bonds is 7. The first-order chi connectivity index (χ1) is 49.9.